The van der Waals surface area contributed by atoms with E-state index in [0.717, 1.165) is 12.0 Å². The molecule has 1 nitrogen and oxygen atoms in total. The minimum atomic E-state index is -0.156. The fourth-order valence-corrected chi connectivity index (χ4v) is 2.99. The Morgan fingerprint density at radius 3 is 2.44 bits per heavy atom. The molecule has 18 heavy (non-hydrogen) atoms. The summed E-state index contributed by atoms with van der Waals surface area (Å²) in [5, 5.41) is 1.31. The van der Waals surface area contributed by atoms with E-state index in [-0.39, 0.29) is 6.10 Å². The molecule has 0 saturated carbocycles. The van der Waals surface area contributed by atoms with Gasteiger partial charge in [0, 0.05) is 15.6 Å². The van der Waals surface area contributed by atoms with Gasteiger partial charge in [-0.25, -0.2) is 0 Å². The molecule has 0 radical (unpaired) electrons. The molecule has 1 aliphatic rings. The van der Waals surface area contributed by atoms with Crippen molar-refractivity contribution in [1.29, 1.82) is 0 Å². The summed E-state index contributed by atoms with van der Waals surface area (Å²) in [6.45, 7) is 0.698. The van der Waals surface area contributed by atoms with Crippen LogP contribution in [0.4, 0.5) is 0 Å². The number of halogens is 2. The fourth-order valence-electron chi connectivity index (χ4n) is 2.39. The number of ether oxygens (including phenoxy) is 1. The Labute approximate surface area is 116 Å². The van der Waals surface area contributed by atoms with Gasteiger partial charge in [-0.05, 0) is 29.7 Å². The molecule has 0 fully saturated rings. The zero-order valence-corrected chi connectivity index (χ0v) is 11.2. The van der Waals surface area contributed by atoms with Crippen LogP contribution in [0.1, 0.15) is 22.8 Å². The molecule has 92 valence electrons. The number of benzene rings is 2. The second-order valence-corrected chi connectivity index (χ2v) is 5.15. The molecule has 3 rings (SSSR count). The summed E-state index contributed by atoms with van der Waals surface area (Å²) < 4.78 is 5.88. The molecule has 0 aromatic heterocycles. The lowest BCUT2D eigenvalue weighted by atomic mass is 9.93. The molecule has 3 heteroatoms. The van der Waals surface area contributed by atoms with Gasteiger partial charge in [-0.1, -0.05) is 53.5 Å². The maximum absolute atomic E-state index is 6.26. The second kappa shape index (κ2) is 4.93. The van der Waals surface area contributed by atoms with Crippen LogP contribution in [0.25, 0.3) is 0 Å². The van der Waals surface area contributed by atoms with Crippen LogP contribution < -0.4 is 0 Å². The topological polar surface area (TPSA) is 9.23 Å². The standard InChI is InChI=1S/C15H12Cl2O/c16-12-6-3-7-13(17)14(12)15-11-5-2-1-4-10(11)8-9-18-15/h1-7,15H,8-9H2. The first-order chi connectivity index (χ1) is 8.77. The lowest BCUT2D eigenvalue weighted by molar-refractivity contribution is 0.0700. The van der Waals surface area contributed by atoms with E-state index in [1.807, 2.05) is 24.3 Å². The van der Waals surface area contributed by atoms with Gasteiger partial charge in [0.25, 0.3) is 0 Å². The van der Waals surface area contributed by atoms with Gasteiger partial charge < -0.3 is 4.74 Å². The van der Waals surface area contributed by atoms with Gasteiger partial charge in [0.2, 0.25) is 0 Å². The van der Waals surface area contributed by atoms with Gasteiger partial charge in [0.1, 0.15) is 6.10 Å². The average Bonchev–Trinajstić information content (AvgIpc) is 2.39. The van der Waals surface area contributed by atoms with Crippen LogP contribution in [0, 0.1) is 0 Å². The Hall–Kier alpha value is -1.02. The number of fused-ring (bicyclic) bond motifs is 1. The number of hydrogen-bond acceptors (Lipinski definition) is 1. The molecule has 2 aromatic carbocycles. The van der Waals surface area contributed by atoms with Crippen molar-refractivity contribution >= 4 is 23.2 Å². The van der Waals surface area contributed by atoms with Gasteiger partial charge in [0.15, 0.2) is 0 Å². The van der Waals surface area contributed by atoms with Crippen LogP contribution in [0.2, 0.25) is 10.0 Å². The van der Waals surface area contributed by atoms with Crippen molar-refractivity contribution in [2.24, 2.45) is 0 Å². The van der Waals surface area contributed by atoms with E-state index >= 15 is 0 Å². The van der Waals surface area contributed by atoms with Crippen LogP contribution in [0.3, 0.4) is 0 Å². The summed E-state index contributed by atoms with van der Waals surface area (Å²) in [6.07, 6.45) is 0.783. The highest BCUT2D eigenvalue weighted by Gasteiger charge is 2.25. The highest BCUT2D eigenvalue weighted by molar-refractivity contribution is 6.36. The van der Waals surface area contributed by atoms with Gasteiger partial charge in [0.05, 0.1) is 6.61 Å². The van der Waals surface area contributed by atoms with E-state index in [4.69, 9.17) is 27.9 Å². The molecule has 1 aliphatic heterocycles. The lowest BCUT2D eigenvalue weighted by Gasteiger charge is -2.27. The van der Waals surface area contributed by atoms with Crippen molar-refractivity contribution in [2.75, 3.05) is 6.61 Å². The predicted octanol–water partition coefficient (Wildman–Crippen LogP) is 4.66. The maximum atomic E-state index is 6.26. The molecular formula is C15H12Cl2O. The molecular weight excluding hydrogens is 267 g/mol. The summed E-state index contributed by atoms with van der Waals surface area (Å²) in [5.74, 6) is 0. The summed E-state index contributed by atoms with van der Waals surface area (Å²) >= 11 is 12.5. The molecule has 0 amide bonds. The first-order valence-electron chi connectivity index (χ1n) is 5.90. The van der Waals surface area contributed by atoms with E-state index in [1.165, 1.54) is 11.1 Å². The Balaban J connectivity index is 2.14. The average molecular weight is 279 g/mol. The third kappa shape index (κ3) is 2.03. The van der Waals surface area contributed by atoms with Crippen LogP contribution in [0.15, 0.2) is 42.5 Å². The fraction of sp³-hybridized carbons (Fsp3) is 0.200. The van der Waals surface area contributed by atoms with Gasteiger partial charge in [-0.3, -0.25) is 0 Å². The molecule has 0 N–H and O–H groups in total. The molecule has 0 spiro atoms. The van der Waals surface area contributed by atoms with Crippen molar-refractivity contribution in [2.45, 2.75) is 12.5 Å². The largest absolute Gasteiger partial charge is 0.368 e. The normalized spacial score (nSPS) is 18.4. The number of rotatable bonds is 1. The maximum Gasteiger partial charge on any atom is 0.111 e. The Kier molecular flexibility index (Phi) is 3.29. The first kappa shape index (κ1) is 12.0. The van der Waals surface area contributed by atoms with E-state index < -0.39 is 0 Å². The monoisotopic (exact) mass is 278 g/mol. The zero-order chi connectivity index (χ0) is 12.5. The van der Waals surface area contributed by atoms with E-state index in [1.54, 1.807) is 0 Å². The van der Waals surface area contributed by atoms with Gasteiger partial charge in [-0.15, -0.1) is 0 Å². The minimum absolute atomic E-state index is 0.156. The zero-order valence-electron chi connectivity index (χ0n) is 9.70. The van der Waals surface area contributed by atoms with Crippen LogP contribution in [0.5, 0.6) is 0 Å². The summed E-state index contributed by atoms with van der Waals surface area (Å²) in [7, 11) is 0. The third-order valence-electron chi connectivity index (χ3n) is 3.26. The Morgan fingerprint density at radius 1 is 0.944 bits per heavy atom. The van der Waals surface area contributed by atoms with Crippen molar-refractivity contribution in [3.63, 3.8) is 0 Å². The van der Waals surface area contributed by atoms with E-state index in [2.05, 4.69) is 18.2 Å². The molecule has 1 heterocycles. The third-order valence-corrected chi connectivity index (χ3v) is 3.91. The quantitative estimate of drug-likeness (QED) is 0.738. The molecule has 0 aliphatic carbocycles. The lowest BCUT2D eigenvalue weighted by Crippen LogP contribution is -2.17. The van der Waals surface area contributed by atoms with Crippen molar-refractivity contribution in [1.82, 2.24) is 0 Å². The molecule has 0 bridgehead atoms. The van der Waals surface area contributed by atoms with E-state index in [0.29, 0.717) is 16.7 Å². The smallest absolute Gasteiger partial charge is 0.111 e. The number of hydrogen-bond donors (Lipinski definition) is 0. The van der Waals surface area contributed by atoms with Crippen molar-refractivity contribution in [3.8, 4) is 0 Å². The highest BCUT2D eigenvalue weighted by Crippen LogP contribution is 2.39. The van der Waals surface area contributed by atoms with Crippen molar-refractivity contribution in [3.05, 3.63) is 69.2 Å². The van der Waals surface area contributed by atoms with Crippen LogP contribution >= 0.6 is 23.2 Å². The van der Waals surface area contributed by atoms with E-state index in [9.17, 15) is 0 Å². The summed E-state index contributed by atoms with van der Waals surface area (Å²) in [5.41, 5.74) is 3.34. The van der Waals surface area contributed by atoms with Crippen LogP contribution in [-0.4, -0.2) is 6.61 Å². The molecule has 1 atom stereocenters. The predicted molar refractivity (Wildman–Crippen MR) is 74.4 cm³/mol. The molecule has 1 unspecified atom stereocenters. The highest BCUT2D eigenvalue weighted by atomic mass is 35.5. The summed E-state index contributed by atoms with van der Waals surface area (Å²) in [6, 6.07) is 13.8. The SMILES string of the molecule is Clc1cccc(Cl)c1C1OCCc2ccccc21. The van der Waals surface area contributed by atoms with Gasteiger partial charge >= 0.3 is 0 Å². The second-order valence-electron chi connectivity index (χ2n) is 4.33. The van der Waals surface area contributed by atoms with Gasteiger partial charge in [-0.2, -0.15) is 0 Å². The molecule has 2 aromatic rings. The van der Waals surface area contributed by atoms with Crippen molar-refractivity contribution < 1.29 is 4.74 Å². The molecule has 0 saturated heterocycles. The minimum Gasteiger partial charge on any atom is -0.368 e. The summed E-state index contributed by atoms with van der Waals surface area (Å²) in [4.78, 5) is 0. The Bertz CT molecular complexity index is 560. The first-order valence-corrected chi connectivity index (χ1v) is 6.66. The van der Waals surface area contributed by atoms with Crippen LogP contribution in [-0.2, 0) is 11.2 Å². The Morgan fingerprint density at radius 2 is 1.67 bits per heavy atom.